The number of carbonyl (C=O) groups is 1. The molecule has 0 aromatic carbocycles. The van der Waals surface area contributed by atoms with Crippen LogP contribution in [0.4, 0.5) is 13.2 Å². The van der Waals surface area contributed by atoms with E-state index in [2.05, 4.69) is 4.74 Å². The number of ether oxygens (including phenoxy) is 1. The molecule has 0 aliphatic heterocycles. The summed E-state index contributed by atoms with van der Waals surface area (Å²) in [6.45, 7) is 2.66. The molecule has 0 aromatic heterocycles. The molecule has 0 rings (SSSR count). The predicted octanol–water partition coefficient (Wildman–Crippen LogP) is 1.08. The minimum Gasteiger partial charge on any atom is -0.466 e. The van der Waals surface area contributed by atoms with Gasteiger partial charge in [0, 0.05) is 0 Å². The first kappa shape index (κ1) is 12.2. The molecule has 13 heavy (non-hydrogen) atoms. The lowest BCUT2D eigenvalue weighted by Crippen LogP contribution is -2.46. The van der Waals surface area contributed by atoms with E-state index in [1.807, 2.05) is 0 Å². The van der Waals surface area contributed by atoms with E-state index in [9.17, 15) is 18.0 Å². The van der Waals surface area contributed by atoms with Crippen LogP contribution in [0.5, 0.6) is 0 Å². The molecule has 2 N–H and O–H groups in total. The van der Waals surface area contributed by atoms with Crippen LogP contribution in [0.15, 0.2) is 0 Å². The molecule has 0 aliphatic carbocycles. The minimum atomic E-state index is -4.56. The lowest BCUT2D eigenvalue weighted by atomic mass is 10.0. The van der Waals surface area contributed by atoms with Gasteiger partial charge in [-0.1, -0.05) is 6.92 Å². The van der Waals surface area contributed by atoms with Gasteiger partial charge in [0.2, 0.25) is 0 Å². The first-order valence-corrected chi connectivity index (χ1v) is 3.79. The summed E-state index contributed by atoms with van der Waals surface area (Å²) in [5.41, 5.74) is 4.80. The highest BCUT2D eigenvalue weighted by Crippen LogP contribution is 2.24. The maximum atomic E-state index is 12.0. The Morgan fingerprint density at radius 1 is 1.54 bits per heavy atom. The van der Waals surface area contributed by atoms with Gasteiger partial charge in [-0.3, -0.25) is 4.79 Å². The fourth-order valence-electron chi connectivity index (χ4n) is 0.704. The Balaban J connectivity index is 4.25. The topological polar surface area (TPSA) is 52.3 Å². The van der Waals surface area contributed by atoms with Crippen molar-refractivity contribution in [3.63, 3.8) is 0 Å². The second kappa shape index (κ2) is 4.45. The van der Waals surface area contributed by atoms with Crippen LogP contribution >= 0.6 is 0 Å². The molecule has 0 amide bonds. The van der Waals surface area contributed by atoms with Gasteiger partial charge in [0.05, 0.1) is 12.5 Å². The average Bonchev–Trinajstić information content (AvgIpc) is 2.00. The van der Waals surface area contributed by atoms with E-state index in [1.54, 1.807) is 0 Å². The highest BCUT2D eigenvalue weighted by Gasteiger charge is 2.43. The molecule has 0 saturated carbocycles. The summed E-state index contributed by atoms with van der Waals surface area (Å²) in [5, 5.41) is 0. The second-order valence-corrected chi connectivity index (χ2v) is 2.61. The highest BCUT2D eigenvalue weighted by molar-refractivity contribution is 5.72. The fourth-order valence-corrected chi connectivity index (χ4v) is 0.704. The number of carbonyl (C=O) groups excluding carboxylic acids is 1. The van der Waals surface area contributed by atoms with E-state index in [0.717, 1.165) is 6.92 Å². The van der Waals surface area contributed by atoms with Crippen molar-refractivity contribution in [3.8, 4) is 0 Å². The zero-order chi connectivity index (χ0) is 10.6. The molecule has 0 heterocycles. The van der Waals surface area contributed by atoms with Crippen molar-refractivity contribution in [1.29, 1.82) is 0 Å². The van der Waals surface area contributed by atoms with E-state index in [1.165, 1.54) is 6.92 Å². The monoisotopic (exact) mass is 199 g/mol. The number of hydrogen-bond acceptors (Lipinski definition) is 3. The molecule has 2 atom stereocenters. The van der Waals surface area contributed by atoms with Crippen LogP contribution < -0.4 is 5.73 Å². The molecule has 2 unspecified atom stereocenters. The normalized spacial score (nSPS) is 16.5. The number of rotatable bonds is 3. The summed E-state index contributed by atoms with van der Waals surface area (Å²) in [7, 11) is 0. The van der Waals surface area contributed by atoms with Gasteiger partial charge in [-0.15, -0.1) is 0 Å². The molecule has 0 aliphatic rings. The Morgan fingerprint density at radius 2 is 2.00 bits per heavy atom. The van der Waals surface area contributed by atoms with E-state index >= 15 is 0 Å². The summed E-state index contributed by atoms with van der Waals surface area (Å²) in [5.74, 6) is -2.28. The molecular formula is C7H12F3NO2. The van der Waals surface area contributed by atoms with Gasteiger partial charge in [0.15, 0.2) is 0 Å². The van der Waals surface area contributed by atoms with E-state index in [4.69, 9.17) is 5.73 Å². The van der Waals surface area contributed by atoms with Crippen LogP contribution in [0.3, 0.4) is 0 Å². The van der Waals surface area contributed by atoms with Crippen molar-refractivity contribution in [2.75, 3.05) is 6.61 Å². The average molecular weight is 199 g/mol. The summed E-state index contributed by atoms with van der Waals surface area (Å²) in [4.78, 5) is 10.8. The van der Waals surface area contributed by atoms with Gasteiger partial charge in [0.25, 0.3) is 0 Å². The van der Waals surface area contributed by atoms with Gasteiger partial charge in [-0.25, -0.2) is 0 Å². The first-order chi connectivity index (χ1) is 5.80. The highest BCUT2D eigenvalue weighted by atomic mass is 19.4. The zero-order valence-corrected chi connectivity index (χ0v) is 7.39. The van der Waals surface area contributed by atoms with Crippen LogP contribution in [0.2, 0.25) is 0 Å². The van der Waals surface area contributed by atoms with Gasteiger partial charge < -0.3 is 10.5 Å². The second-order valence-electron chi connectivity index (χ2n) is 2.61. The van der Waals surface area contributed by atoms with E-state index in [0.29, 0.717) is 0 Å². The maximum absolute atomic E-state index is 12.0. The summed E-state index contributed by atoms with van der Waals surface area (Å²) in [6.07, 6.45) is -4.56. The Labute approximate surface area is 74.0 Å². The van der Waals surface area contributed by atoms with E-state index in [-0.39, 0.29) is 6.61 Å². The van der Waals surface area contributed by atoms with Crippen LogP contribution in [-0.2, 0) is 9.53 Å². The molecule has 0 radical (unpaired) electrons. The summed E-state index contributed by atoms with van der Waals surface area (Å²) in [6, 6.07) is -2.16. The first-order valence-electron chi connectivity index (χ1n) is 3.79. The molecule has 3 nitrogen and oxygen atoms in total. The minimum absolute atomic E-state index is 0.0494. The molecule has 0 fully saturated rings. The predicted molar refractivity (Wildman–Crippen MR) is 39.8 cm³/mol. The van der Waals surface area contributed by atoms with Gasteiger partial charge in [-0.05, 0) is 6.92 Å². The smallest absolute Gasteiger partial charge is 0.404 e. The van der Waals surface area contributed by atoms with Crippen molar-refractivity contribution in [2.45, 2.75) is 26.1 Å². The standard InChI is InChI=1S/C7H12F3NO2/c1-3-13-6(12)4(2)5(11)7(8,9)10/h4-5H,3,11H2,1-2H3. The number of halogens is 3. The van der Waals surface area contributed by atoms with E-state index < -0.39 is 24.1 Å². The van der Waals surface area contributed by atoms with Gasteiger partial charge in [-0.2, -0.15) is 13.2 Å². The lowest BCUT2D eigenvalue weighted by molar-refractivity contribution is -0.174. The number of esters is 1. The molecule has 78 valence electrons. The molecular weight excluding hydrogens is 187 g/mol. The van der Waals surface area contributed by atoms with Gasteiger partial charge >= 0.3 is 12.1 Å². The van der Waals surface area contributed by atoms with Crippen molar-refractivity contribution in [1.82, 2.24) is 0 Å². The van der Waals surface area contributed by atoms with Crippen LogP contribution in [0.1, 0.15) is 13.8 Å². The fraction of sp³-hybridized carbons (Fsp3) is 0.857. The Morgan fingerprint density at radius 3 is 2.31 bits per heavy atom. The molecule has 0 saturated heterocycles. The Kier molecular flexibility index (Phi) is 4.19. The van der Waals surface area contributed by atoms with Crippen LogP contribution in [0.25, 0.3) is 0 Å². The number of nitrogens with two attached hydrogens (primary N) is 1. The quantitative estimate of drug-likeness (QED) is 0.692. The third-order valence-corrected chi connectivity index (χ3v) is 1.58. The van der Waals surface area contributed by atoms with Crippen molar-refractivity contribution in [2.24, 2.45) is 11.7 Å². The molecule has 0 bridgehead atoms. The zero-order valence-electron chi connectivity index (χ0n) is 7.39. The maximum Gasteiger partial charge on any atom is 0.404 e. The molecule has 6 heteroatoms. The van der Waals surface area contributed by atoms with Gasteiger partial charge in [0.1, 0.15) is 6.04 Å². The SMILES string of the molecule is CCOC(=O)C(C)C(N)C(F)(F)F. The van der Waals surface area contributed by atoms with Crippen LogP contribution in [-0.4, -0.2) is 24.8 Å². The Hall–Kier alpha value is -0.780. The van der Waals surface area contributed by atoms with Crippen LogP contribution in [0, 0.1) is 5.92 Å². The third kappa shape index (κ3) is 3.63. The van der Waals surface area contributed by atoms with Crippen molar-refractivity contribution in [3.05, 3.63) is 0 Å². The lowest BCUT2D eigenvalue weighted by Gasteiger charge is -2.20. The Bertz CT molecular complexity index is 181. The summed E-state index contributed by atoms with van der Waals surface area (Å²) >= 11 is 0. The molecule has 0 aromatic rings. The number of alkyl halides is 3. The van der Waals surface area contributed by atoms with Crippen molar-refractivity contribution >= 4 is 5.97 Å². The third-order valence-electron chi connectivity index (χ3n) is 1.58. The van der Waals surface area contributed by atoms with Crippen molar-refractivity contribution < 1.29 is 22.7 Å². The molecule has 0 spiro atoms. The largest absolute Gasteiger partial charge is 0.466 e. The number of hydrogen-bond donors (Lipinski definition) is 1. The summed E-state index contributed by atoms with van der Waals surface area (Å²) < 4.78 is 40.3.